The zero-order valence-electron chi connectivity index (χ0n) is 5.01. The Kier molecular flexibility index (Phi) is 2.43. The summed E-state index contributed by atoms with van der Waals surface area (Å²) in [6.45, 7) is 2.90. The molecule has 0 aliphatic heterocycles. The van der Waals surface area contributed by atoms with E-state index < -0.39 is 15.2 Å². The van der Waals surface area contributed by atoms with Crippen LogP contribution in [0.1, 0.15) is 13.8 Å². The lowest BCUT2D eigenvalue weighted by Gasteiger charge is -2.00. The molecule has 3 nitrogen and oxygen atoms in total. The summed E-state index contributed by atoms with van der Waals surface area (Å²) < 4.78 is 21.0. The molecule has 1 unspecified atom stereocenters. The molecule has 8 heavy (non-hydrogen) atoms. The minimum Gasteiger partial charge on any atom is -0.239 e. The van der Waals surface area contributed by atoms with Crippen molar-refractivity contribution < 1.29 is 8.42 Å². The molecule has 1 atom stereocenters. The van der Waals surface area contributed by atoms with Gasteiger partial charge in [-0.1, -0.05) is 6.92 Å². The molecule has 0 aromatic carbocycles. The Morgan fingerprint density at radius 1 is 1.62 bits per heavy atom. The average molecular weight is 136 g/mol. The first-order valence-electron chi connectivity index (χ1n) is 2.43. The first-order chi connectivity index (χ1) is 3.50. The maximum absolute atomic E-state index is 10.5. The highest BCUT2D eigenvalue weighted by Crippen LogP contribution is 1.94. The van der Waals surface area contributed by atoms with E-state index in [0.717, 1.165) is 0 Å². The molecule has 0 aromatic heterocycles. The fourth-order valence-electron chi connectivity index (χ4n) is 0.250. The van der Waals surface area contributed by atoms with E-state index in [0.29, 0.717) is 0 Å². The monoisotopic (exact) mass is 136 g/mol. The summed E-state index contributed by atoms with van der Waals surface area (Å²) in [7, 11) is -3.07. The van der Waals surface area contributed by atoms with Gasteiger partial charge in [0.05, 0.1) is 0 Å². The van der Waals surface area contributed by atoms with Crippen LogP contribution in [0.3, 0.4) is 0 Å². The van der Waals surface area contributed by atoms with E-state index in [1.54, 1.807) is 6.92 Å². The highest BCUT2D eigenvalue weighted by atomic mass is 32.2. The minimum atomic E-state index is -3.07. The quantitative estimate of drug-likeness (QED) is 0.538. The lowest BCUT2D eigenvalue weighted by molar-refractivity contribution is 0.585. The van der Waals surface area contributed by atoms with Crippen molar-refractivity contribution in [3.05, 3.63) is 0 Å². The maximum atomic E-state index is 10.5. The predicted octanol–water partition coefficient (Wildman–Crippen LogP) is 0.0500. The third-order valence-corrected chi connectivity index (χ3v) is 2.82. The first-order valence-corrected chi connectivity index (χ1v) is 4.15. The minimum absolute atomic E-state index is 0.0671. The molecule has 1 N–H and O–H groups in total. The molecule has 0 fully saturated rings. The van der Waals surface area contributed by atoms with Crippen LogP contribution in [0.2, 0.25) is 0 Å². The second-order valence-electron chi connectivity index (χ2n) is 1.59. The van der Waals surface area contributed by atoms with Gasteiger partial charge in [0.2, 0.25) is 0 Å². The zero-order valence-corrected chi connectivity index (χ0v) is 5.83. The van der Waals surface area contributed by atoms with E-state index in [1.165, 1.54) is 6.92 Å². The molecule has 0 bridgehead atoms. The Labute approximate surface area is 49.8 Å². The second kappa shape index (κ2) is 2.46. The standard InChI is InChI=1S/C4H10NO2S/c1-3-8(6,7)4(2)5/h4-5H,3H2,1-2H3. The normalized spacial score (nSPS) is 15.9. The van der Waals surface area contributed by atoms with Gasteiger partial charge in [0, 0.05) is 5.75 Å². The Balaban J connectivity index is 4.17. The van der Waals surface area contributed by atoms with Gasteiger partial charge in [-0.05, 0) is 6.92 Å². The molecule has 0 spiro atoms. The molecule has 0 aliphatic carbocycles. The summed E-state index contributed by atoms with van der Waals surface area (Å²) in [4.78, 5) is 0. The van der Waals surface area contributed by atoms with Gasteiger partial charge in [0.1, 0.15) is 5.37 Å². The number of hydrogen-bond donors (Lipinski definition) is 0. The highest BCUT2D eigenvalue weighted by molar-refractivity contribution is 7.91. The van der Waals surface area contributed by atoms with Crippen LogP contribution in [0.25, 0.3) is 0 Å². The summed E-state index contributed by atoms with van der Waals surface area (Å²) >= 11 is 0. The van der Waals surface area contributed by atoms with Crippen molar-refractivity contribution in [2.24, 2.45) is 0 Å². The van der Waals surface area contributed by atoms with Crippen molar-refractivity contribution in [2.75, 3.05) is 5.75 Å². The third-order valence-electron chi connectivity index (χ3n) is 0.941. The van der Waals surface area contributed by atoms with Crippen LogP contribution >= 0.6 is 0 Å². The van der Waals surface area contributed by atoms with Crippen LogP contribution in [0.4, 0.5) is 0 Å². The van der Waals surface area contributed by atoms with E-state index in [1.807, 2.05) is 0 Å². The van der Waals surface area contributed by atoms with E-state index in [-0.39, 0.29) is 5.75 Å². The predicted molar refractivity (Wildman–Crippen MR) is 32.0 cm³/mol. The molecule has 49 valence electrons. The van der Waals surface area contributed by atoms with Crippen LogP contribution in [-0.4, -0.2) is 19.5 Å². The van der Waals surface area contributed by atoms with Crippen molar-refractivity contribution in [1.29, 1.82) is 0 Å². The zero-order chi connectivity index (χ0) is 6.78. The molecule has 0 saturated heterocycles. The molecule has 0 heterocycles. The summed E-state index contributed by atoms with van der Waals surface area (Å²) in [5, 5.41) is -0.965. The van der Waals surface area contributed by atoms with Crippen molar-refractivity contribution >= 4 is 9.84 Å². The number of sulfone groups is 1. The molecule has 4 heteroatoms. The molecule has 0 saturated carbocycles. The van der Waals surface area contributed by atoms with Gasteiger partial charge in [-0.15, -0.1) is 0 Å². The van der Waals surface area contributed by atoms with Crippen LogP contribution < -0.4 is 5.73 Å². The largest absolute Gasteiger partial charge is 0.239 e. The van der Waals surface area contributed by atoms with Gasteiger partial charge in [-0.3, -0.25) is 0 Å². The molecule has 0 aliphatic rings. The van der Waals surface area contributed by atoms with E-state index >= 15 is 0 Å². The molecule has 0 rings (SSSR count). The van der Waals surface area contributed by atoms with Gasteiger partial charge in [-0.2, -0.15) is 0 Å². The van der Waals surface area contributed by atoms with Gasteiger partial charge in [0.25, 0.3) is 0 Å². The Bertz CT molecular complexity index is 147. The summed E-state index contributed by atoms with van der Waals surface area (Å²) in [6.07, 6.45) is 0. The van der Waals surface area contributed by atoms with E-state index in [2.05, 4.69) is 0 Å². The van der Waals surface area contributed by atoms with Gasteiger partial charge in [0.15, 0.2) is 9.84 Å². The molecule has 0 aromatic rings. The van der Waals surface area contributed by atoms with E-state index in [4.69, 9.17) is 5.73 Å². The summed E-state index contributed by atoms with van der Waals surface area (Å²) in [5.74, 6) is 0.0671. The molecular weight excluding hydrogens is 126 g/mol. The molecule has 1 radical (unpaired) electrons. The molecular formula is C4H10NO2S. The Morgan fingerprint density at radius 2 is 2.00 bits per heavy atom. The average Bonchev–Trinajstić information content (AvgIpc) is 1.67. The van der Waals surface area contributed by atoms with Crippen LogP contribution in [0.5, 0.6) is 0 Å². The van der Waals surface area contributed by atoms with Crippen molar-refractivity contribution in [1.82, 2.24) is 5.73 Å². The van der Waals surface area contributed by atoms with Gasteiger partial charge >= 0.3 is 0 Å². The summed E-state index contributed by atoms with van der Waals surface area (Å²) in [5.41, 5.74) is 6.79. The highest BCUT2D eigenvalue weighted by Gasteiger charge is 2.12. The van der Waals surface area contributed by atoms with Crippen molar-refractivity contribution in [2.45, 2.75) is 19.2 Å². The van der Waals surface area contributed by atoms with Crippen LogP contribution in [0, 0.1) is 0 Å². The van der Waals surface area contributed by atoms with E-state index in [9.17, 15) is 8.42 Å². The number of rotatable bonds is 2. The first kappa shape index (κ1) is 7.91. The second-order valence-corrected chi connectivity index (χ2v) is 4.20. The fourth-order valence-corrected chi connectivity index (χ4v) is 0.750. The van der Waals surface area contributed by atoms with Crippen LogP contribution in [0.15, 0.2) is 0 Å². The van der Waals surface area contributed by atoms with Crippen molar-refractivity contribution in [3.8, 4) is 0 Å². The van der Waals surface area contributed by atoms with Gasteiger partial charge in [-0.25, -0.2) is 14.2 Å². The number of nitrogens with one attached hydrogen (secondary N) is 1. The smallest absolute Gasteiger partial charge is 0.166 e. The van der Waals surface area contributed by atoms with Crippen molar-refractivity contribution in [3.63, 3.8) is 0 Å². The fraction of sp³-hybridized carbons (Fsp3) is 1.00. The SMILES string of the molecule is CCS(=O)(=O)C(C)[NH]. The Morgan fingerprint density at radius 3 is 2.00 bits per heavy atom. The topological polar surface area (TPSA) is 57.9 Å². The van der Waals surface area contributed by atoms with Gasteiger partial charge < -0.3 is 0 Å². The third kappa shape index (κ3) is 1.79. The number of hydrogen-bond acceptors (Lipinski definition) is 2. The lowest BCUT2D eigenvalue weighted by Crippen LogP contribution is -2.20. The van der Waals surface area contributed by atoms with Crippen LogP contribution in [-0.2, 0) is 9.84 Å². The summed E-state index contributed by atoms with van der Waals surface area (Å²) in [6, 6.07) is 0. The lowest BCUT2D eigenvalue weighted by atomic mass is 10.8. The maximum Gasteiger partial charge on any atom is 0.166 e. The Hall–Kier alpha value is -0.0900. The molecule has 0 amide bonds.